The lowest BCUT2D eigenvalue weighted by Gasteiger charge is -2.38. The topological polar surface area (TPSA) is 35.5 Å². The monoisotopic (exact) mass is 252 g/mol. The molecule has 0 N–H and O–H groups in total. The van der Waals surface area contributed by atoms with E-state index in [0.29, 0.717) is 0 Å². The van der Waals surface area contributed by atoms with Gasteiger partial charge in [-0.05, 0) is 31.8 Å². The number of ether oxygens (including phenoxy) is 2. The molecule has 1 heterocycles. The molecular formula is C15H24O3. The lowest BCUT2D eigenvalue weighted by Crippen LogP contribution is -2.42. The molecule has 1 saturated carbocycles. The van der Waals surface area contributed by atoms with Gasteiger partial charge in [0.1, 0.15) is 11.5 Å². The SMILES string of the molecule is COC(=O)C1C=C(C(C)(C)C)OC12CCCCC2. The maximum Gasteiger partial charge on any atom is 0.316 e. The lowest BCUT2D eigenvalue weighted by atomic mass is 9.76. The Morgan fingerprint density at radius 2 is 1.94 bits per heavy atom. The molecule has 0 amide bonds. The molecule has 1 spiro atoms. The predicted octanol–water partition coefficient (Wildman–Crippen LogP) is 3.44. The Balaban J connectivity index is 2.29. The van der Waals surface area contributed by atoms with E-state index in [0.717, 1.165) is 31.4 Å². The molecule has 0 bridgehead atoms. The Morgan fingerprint density at radius 1 is 1.33 bits per heavy atom. The molecule has 1 fully saturated rings. The summed E-state index contributed by atoms with van der Waals surface area (Å²) in [5.74, 6) is 0.563. The van der Waals surface area contributed by atoms with Gasteiger partial charge in [0, 0.05) is 5.41 Å². The number of hydrogen-bond donors (Lipinski definition) is 0. The zero-order chi connectivity index (χ0) is 13.4. The van der Waals surface area contributed by atoms with Gasteiger partial charge in [0.05, 0.1) is 12.9 Å². The molecule has 3 heteroatoms. The number of carbonyl (C=O) groups excluding carboxylic acids is 1. The van der Waals surface area contributed by atoms with Gasteiger partial charge in [0.15, 0.2) is 0 Å². The van der Waals surface area contributed by atoms with Gasteiger partial charge in [-0.1, -0.05) is 27.2 Å². The lowest BCUT2D eigenvalue weighted by molar-refractivity contribution is -0.153. The van der Waals surface area contributed by atoms with Crippen LogP contribution >= 0.6 is 0 Å². The summed E-state index contributed by atoms with van der Waals surface area (Å²) in [6.45, 7) is 6.36. The third-order valence-corrected chi connectivity index (χ3v) is 4.09. The summed E-state index contributed by atoms with van der Waals surface area (Å²) >= 11 is 0. The van der Waals surface area contributed by atoms with Crippen LogP contribution in [0.3, 0.4) is 0 Å². The van der Waals surface area contributed by atoms with Crippen LogP contribution in [0.25, 0.3) is 0 Å². The maximum atomic E-state index is 12.0. The third-order valence-electron chi connectivity index (χ3n) is 4.09. The molecule has 0 saturated heterocycles. The van der Waals surface area contributed by atoms with Crippen molar-refractivity contribution in [3.8, 4) is 0 Å². The molecule has 0 aromatic carbocycles. The van der Waals surface area contributed by atoms with Gasteiger partial charge in [-0.3, -0.25) is 4.79 Å². The Bertz CT molecular complexity index is 356. The number of allylic oxidation sites excluding steroid dienone is 1. The summed E-state index contributed by atoms with van der Waals surface area (Å²) in [5, 5.41) is 0. The van der Waals surface area contributed by atoms with E-state index in [-0.39, 0.29) is 22.9 Å². The minimum atomic E-state index is -0.325. The van der Waals surface area contributed by atoms with Crippen molar-refractivity contribution in [3.63, 3.8) is 0 Å². The van der Waals surface area contributed by atoms with Gasteiger partial charge in [-0.15, -0.1) is 0 Å². The standard InChI is InChI=1S/C15H24O3/c1-14(2,3)12-10-11(13(16)17-4)15(18-12)8-6-5-7-9-15/h10-11H,5-9H2,1-4H3. The molecule has 1 atom stereocenters. The molecule has 0 aromatic rings. The first-order valence-electron chi connectivity index (χ1n) is 6.88. The quantitative estimate of drug-likeness (QED) is 0.671. The van der Waals surface area contributed by atoms with Crippen LogP contribution < -0.4 is 0 Å². The first kappa shape index (κ1) is 13.4. The Hall–Kier alpha value is -0.990. The fourth-order valence-electron chi connectivity index (χ4n) is 3.00. The van der Waals surface area contributed by atoms with Crippen molar-refractivity contribution in [1.29, 1.82) is 0 Å². The zero-order valence-electron chi connectivity index (χ0n) is 11.9. The van der Waals surface area contributed by atoms with E-state index in [1.807, 2.05) is 6.08 Å². The first-order valence-corrected chi connectivity index (χ1v) is 6.88. The maximum absolute atomic E-state index is 12.0. The van der Waals surface area contributed by atoms with E-state index in [4.69, 9.17) is 9.47 Å². The second-order valence-corrected chi connectivity index (χ2v) is 6.51. The van der Waals surface area contributed by atoms with Crippen LogP contribution in [0.15, 0.2) is 11.8 Å². The molecular weight excluding hydrogens is 228 g/mol. The van der Waals surface area contributed by atoms with Gasteiger partial charge in [0.2, 0.25) is 0 Å². The normalized spacial score (nSPS) is 26.7. The fraction of sp³-hybridized carbons (Fsp3) is 0.800. The summed E-state index contributed by atoms with van der Waals surface area (Å²) < 4.78 is 11.2. The van der Waals surface area contributed by atoms with E-state index < -0.39 is 0 Å². The van der Waals surface area contributed by atoms with Crippen molar-refractivity contribution in [2.75, 3.05) is 7.11 Å². The Labute approximate surface area is 110 Å². The van der Waals surface area contributed by atoms with E-state index in [1.165, 1.54) is 13.5 Å². The van der Waals surface area contributed by atoms with Crippen molar-refractivity contribution in [1.82, 2.24) is 0 Å². The van der Waals surface area contributed by atoms with Crippen molar-refractivity contribution in [3.05, 3.63) is 11.8 Å². The number of methoxy groups -OCH3 is 1. The van der Waals surface area contributed by atoms with Crippen molar-refractivity contribution >= 4 is 5.97 Å². The van der Waals surface area contributed by atoms with Crippen LogP contribution in [-0.4, -0.2) is 18.7 Å². The highest BCUT2D eigenvalue weighted by atomic mass is 16.5. The average molecular weight is 252 g/mol. The summed E-state index contributed by atoms with van der Waals surface area (Å²) in [4.78, 5) is 12.0. The van der Waals surface area contributed by atoms with Crippen molar-refractivity contribution in [2.45, 2.75) is 58.5 Å². The van der Waals surface area contributed by atoms with Crippen molar-refractivity contribution in [2.24, 2.45) is 11.3 Å². The molecule has 18 heavy (non-hydrogen) atoms. The van der Waals surface area contributed by atoms with E-state index in [2.05, 4.69) is 20.8 Å². The zero-order valence-corrected chi connectivity index (χ0v) is 11.9. The largest absolute Gasteiger partial charge is 0.490 e. The number of carbonyl (C=O) groups is 1. The average Bonchev–Trinajstić information content (AvgIpc) is 2.68. The van der Waals surface area contributed by atoms with E-state index >= 15 is 0 Å². The highest BCUT2D eigenvalue weighted by Crippen LogP contribution is 2.48. The second kappa shape index (κ2) is 4.60. The van der Waals surface area contributed by atoms with Crippen molar-refractivity contribution < 1.29 is 14.3 Å². The van der Waals surface area contributed by atoms with Gasteiger partial charge < -0.3 is 9.47 Å². The highest BCUT2D eigenvalue weighted by Gasteiger charge is 2.51. The van der Waals surface area contributed by atoms with Crippen LogP contribution in [0.5, 0.6) is 0 Å². The van der Waals surface area contributed by atoms with Crippen LogP contribution in [0, 0.1) is 11.3 Å². The predicted molar refractivity (Wildman–Crippen MR) is 69.9 cm³/mol. The number of hydrogen-bond acceptors (Lipinski definition) is 3. The van der Waals surface area contributed by atoms with Crippen LogP contribution in [0.2, 0.25) is 0 Å². The van der Waals surface area contributed by atoms with Crippen LogP contribution in [0.4, 0.5) is 0 Å². The number of esters is 1. The van der Waals surface area contributed by atoms with Gasteiger partial charge in [-0.25, -0.2) is 0 Å². The fourth-order valence-corrected chi connectivity index (χ4v) is 3.00. The second-order valence-electron chi connectivity index (χ2n) is 6.51. The molecule has 2 rings (SSSR count). The first-order chi connectivity index (χ1) is 8.39. The molecule has 102 valence electrons. The summed E-state index contributed by atoms with van der Waals surface area (Å²) in [6, 6.07) is 0. The van der Waals surface area contributed by atoms with Gasteiger partial charge in [0.25, 0.3) is 0 Å². The summed E-state index contributed by atoms with van der Waals surface area (Å²) in [6.07, 6.45) is 7.43. The molecule has 3 nitrogen and oxygen atoms in total. The number of rotatable bonds is 1. The van der Waals surface area contributed by atoms with Gasteiger partial charge >= 0.3 is 5.97 Å². The minimum Gasteiger partial charge on any atom is -0.490 e. The molecule has 2 aliphatic rings. The van der Waals surface area contributed by atoms with Crippen LogP contribution in [0.1, 0.15) is 52.9 Å². The minimum absolute atomic E-state index is 0.0484. The molecule has 0 aromatic heterocycles. The van der Waals surface area contributed by atoms with Gasteiger partial charge in [-0.2, -0.15) is 0 Å². The molecule has 0 radical (unpaired) electrons. The Morgan fingerprint density at radius 3 is 2.44 bits per heavy atom. The van der Waals surface area contributed by atoms with Crippen LogP contribution in [-0.2, 0) is 14.3 Å². The summed E-state index contributed by atoms with van der Waals surface area (Å²) in [7, 11) is 1.46. The summed E-state index contributed by atoms with van der Waals surface area (Å²) in [5.41, 5.74) is -0.374. The molecule has 1 unspecified atom stereocenters. The molecule has 1 aliphatic heterocycles. The van der Waals surface area contributed by atoms with E-state index in [9.17, 15) is 4.79 Å². The molecule has 1 aliphatic carbocycles. The highest BCUT2D eigenvalue weighted by molar-refractivity contribution is 5.76. The smallest absolute Gasteiger partial charge is 0.316 e. The third kappa shape index (κ3) is 2.27. The Kier molecular flexibility index (Phi) is 3.43. The van der Waals surface area contributed by atoms with E-state index in [1.54, 1.807) is 0 Å².